The second-order valence-corrected chi connectivity index (χ2v) is 7.23. The number of phenolic OH excluding ortho intramolecular Hbond substituents is 1. The van der Waals surface area contributed by atoms with Crippen LogP contribution in [0.25, 0.3) is 0 Å². The molecule has 0 aromatic heterocycles. The molecule has 1 heterocycles. The van der Waals surface area contributed by atoms with E-state index in [4.69, 9.17) is 0 Å². The minimum Gasteiger partial charge on any atom is -0.506 e. The van der Waals surface area contributed by atoms with Crippen LogP contribution >= 0.6 is 27.7 Å². The molecule has 82 valence electrons. The molecule has 0 radical (unpaired) electrons. The van der Waals surface area contributed by atoms with Gasteiger partial charge in [-0.3, -0.25) is 0 Å². The molecular formula is C12H15BrOS. The Morgan fingerprint density at radius 1 is 1.47 bits per heavy atom. The van der Waals surface area contributed by atoms with Crippen molar-refractivity contribution >= 4 is 27.7 Å². The molecule has 0 bridgehead atoms. The summed E-state index contributed by atoms with van der Waals surface area (Å²) in [4.78, 5) is 1.22. The fourth-order valence-corrected chi connectivity index (χ4v) is 3.48. The van der Waals surface area contributed by atoms with E-state index in [1.54, 1.807) is 0 Å². The summed E-state index contributed by atoms with van der Waals surface area (Å²) >= 11 is 5.23. The molecule has 0 spiro atoms. The summed E-state index contributed by atoms with van der Waals surface area (Å²) < 4.78 is 1.06. The first-order valence-electron chi connectivity index (χ1n) is 5.11. The first-order chi connectivity index (χ1) is 6.92. The number of hydrogen-bond donors (Lipinski definition) is 1. The number of thioether (sulfide) groups is 1. The molecule has 1 aliphatic rings. The number of benzene rings is 1. The largest absolute Gasteiger partial charge is 0.506 e. The van der Waals surface area contributed by atoms with Crippen molar-refractivity contribution in [3.63, 3.8) is 0 Å². The number of phenols is 1. The van der Waals surface area contributed by atoms with Gasteiger partial charge in [-0.25, -0.2) is 0 Å². The van der Waals surface area contributed by atoms with E-state index in [1.807, 2.05) is 17.8 Å². The van der Waals surface area contributed by atoms with E-state index in [0.29, 0.717) is 11.7 Å². The second-order valence-electron chi connectivity index (χ2n) is 4.68. The Balaban J connectivity index is 2.50. The summed E-state index contributed by atoms with van der Waals surface area (Å²) in [5, 5.41) is 9.97. The summed E-state index contributed by atoms with van der Waals surface area (Å²) in [6.45, 7) is 6.78. The van der Waals surface area contributed by atoms with Gasteiger partial charge >= 0.3 is 0 Å². The van der Waals surface area contributed by atoms with Crippen molar-refractivity contribution in [3.05, 3.63) is 22.2 Å². The highest BCUT2D eigenvalue weighted by Gasteiger charge is 2.34. The lowest BCUT2D eigenvalue weighted by Crippen LogP contribution is -2.30. The van der Waals surface area contributed by atoms with Crippen molar-refractivity contribution in [2.24, 2.45) is 5.92 Å². The minimum atomic E-state index is 0.257. The van der Waals surface area contributed by atoms with Gasteiger partial charge in [0, 0.05) is 15.2 Å². The van der Waals surface area contributed by atoms with Crippen molar-refractivity contribution < 1.29 is 5.11 Å². The average Bonchev–Trinajstić information content (AvgIpc) is 2.15. The molecule has 0 amide bonds. The third-order valence-corrected chi connectivity index (χ3v) is 5.43. The zero-order chi connectivity index (χ0) is 11.2. The molecule has 2 rings (SSSR count). The SMILES string of the molecule is CC1Cc2c(ccc(Br)c2O)SC1(C)C. The highest BCUT2D eigenvalue weighted by Crippen LogP contribution is 2.49. The summed E-state index contributed by atoms with van der Waals surface area (Å²) in [6, 6.07) is 4.02. The standard InChI is InChI=1S/C12H15BrOS/c1-7-6-8-10(15-12(7,2)3)5-4-9(13)11(8)14/h4-5,7,14H,6H2,1-3H3. The second kappa shape index (κ2) is 3.70. The van der Waals surface area contributed by atoms with Crippen LogP contribution in [0.4, 0.5) is 0 Å². The monoisotopic (exact) mass is 286 g/mol. The van der Waals surface area contributed by atoms with Crippen LogP contribution in [0, 0.1) is 5.92 Å². The van der Waals surface area contributed by atoms with Crippen LogP contribution in [0.5, 0.6) is 5.75 Å². The fourth-order valence-electron chi connectivity index (χ4n) is 1.82. The first-order valence-corrected chi connectivity index (χ1v) is 6.72. The third-order valence-electron chi connectivity index (χ3n) is 3.26. The van der Waals surface area contributed by atoms with Crippen LogP contribution in [-0.2, 0) is 6.42 Å². The van der Waals surface area contributed by atoms with Gasteiger partial charge in [0.05, 0.1) is 4.47 Å². The van der Waals surface area contributed by atoms with Crippen LogP contribution in [0.15, 0.2) is 21.5 Å². The van der Waals surface area contributed by atoms with Crippen molar-refractivity contribution in [3.8, 4) is 5.75 Å². The number of aromatic hydroxyl groups is 1. The Morgan fingerprint density at radius 3 is 2.80 bits per heavy atom. The lowest BCUT2D eigenvalue weighted by molar-refractivity contribution is 0.418. The maximum absolute atomic E-state index is 9.97. The van der Waals surface area contributed by atoms with Gasteiger partial charge in [0.1, 0.15) is 5.75 Å². The smallest absolute Gasteiger partial charge is 0.134 e. The quantitative estimate of drug-likeness (QED) is 0.771. The van der Waals surface area contributed by atoms with Crippen LogP contribution in [0.2, 0.25) is 0 Å². The maximum atomic E-state index is 9.97. The first kappa shape index (κ1) is 11.3. The third kappa shape index (κ3) is 1.92. The average molecular weight is 287 g/mol. The van der Waals surface area contributed by atoms with Crippen LogP contribution in [0.3, 0.4) is 0 Å². The molecule has 1 N–H and O–H groups in total. The normalized spacial score (nSPS) is 23.6. The van der Waals surface area contributed by atoms with Crippen molar-refractivity contribution in [1.82, 2.24) is 0 Å². The van der Waals surface area contributed by atoms with Crippen molar-refractivity contribution in [1.29, 1.82) is 0 Å². The Labute approximate surface area is 103 Å². The molecule has 1 aromatic rings. The van der Waals surface area contributed by atoms with E-state index in [0.717, 1.165) is 16.5 Å². The molecule has 1 atom stereocenters. The topological polar surface area (TPSA) is 20.2 Å². The lowest BCUT2D eigenvalue weighted by Gasteiger charge is -2.37. The molecule has 15 heavy (non-hydrogen) atoms. The van der Waals surface area contributed by atoms with Crippen LogP contribution in [-0.4, -0.2) is 9.85 Å². The summed E-state index contributed by atoms with van der Waals surface area (Å²) in [5.74, 6) is 0.998. The molecule has 0 saturated heterocycles. The van der Waals surface area contributed by atoms with Gasteiger partial charge in [-0.1, -0.05) is 20.8 Å². The maximum Gasteiger partial charge on any atom is 0.134 e. The van der Waals surface area contributed by atoms with Gasteiger partial charge in [0.15, 0.2) is 0 Å². The van der Waals surface area contributed by atoms with Crippen molar-refractivity contribution in [2.45, 2.75) is 36.8 Å². The summed E-state index contributed by atoms with van der Waals surface area (Å²) in [7, 11) is 0. The molecule has 1 unspecified atom stereocenters. The van der Waals surface area contributed by atoms with Gasteiger partial charge in [0.2, 0.25) is 0 Å². The zero-order valence-electron chi connectivity index (χ0n) is 9.17. The van der Waals surface area contributed by atoms with Crippen LogP contribution < -0.4 is 0 Å². The summed E-state index contributed by atoms with van der Waals surface area (Å²) in [5.41, 5.74) is 1.10. The zero-order valence-corrected chi connectivity index (χ0v) is 11.6. The number of halogens is 1. The predicted molar refractivity (Wildman–Crippen MR) is 68.6 cm³/mol. The van der Waals surface area contributed by atoms with E-state index in [2.05, 4.69) is 42.8 Å². The molecule has 0 saturated carbocycles. The van der Waals surface area contributed by atoms with E-state index < -0.39 is 0 Å². The molecule has 0 aliphatic carbocycles. The van der Waals surface area contributed by atoms with E-state index in [1.165, 1.54) is 4.90 Å². The Kier molecular flexibility index (Phi) is 2.80. The van der Waals surface area contributed by atoms with Crippen molar-refractivity contribution in [2.75, 3.05) is 0 Å². The van der Waals surface area contributed by atoms with E-state index in [-0.39, 0.29) is 4.75 Å². The number of fused-ring (bicyclic) bond motifs is 1. The molecule has 1 nitrogen and oxygen atoms in total. The van der Waals surface area contributed by atoms with Gasteiger partial charge in [0.25, 0.3) is 0 Å². The minimum absolute atomic E-state index is 0.257. The fraction of sp³-hybridized carbons (Fsp3) is 0.500. The highest BCUT2D eigenvalue weighted by molar-refractivity contribution is 9.10. The molecule has 0 fully saturated rings. The molecular weight excluding hydrogens is 272 g/mol. The summed E-state index contributed by atoms with van der Waals surface area (Å²) in [6.07, 6.45) is 0.959. The Bertz CT molecular complexity index is 401. The number of hydrogen-bond acceptors (Lipinski definition) is 2. The predicted octanol–water partition coefficient (Wildman–Crippen LogP) is 4.22. The Morgan fingerprint density at radius 2 is 2.13 bits per heavy atom. The number of rotatable bonds is 0. The van der Waals surface area contributed by atoms with E-state index in [9.17, 15) is 5.11 Å². The van der Waals surface area contributed by atoms with Gasteiger partial charge in [-0.2, -0.15) is 0 Å². The Hall–Kier alpha value is -0.150. The lowest BCUT2D eigenvalue weighted by atomic mass is 9.89. The molecule has 1 aromatic carbocycles. The highest BCUT2D eigenvalue weighted by atomic mass is 79.9. The van der Waals surface area contributed by atoms with Gasteiger partial charge in [-0.05, 0) is 40.4 Å². The molecule has 3 heteroatoms. The van der Waals surface area contributed by atoms with Gasteiger partial charge in [-0.15, -0.1) is 11.8 Å². The van der Waals surface area contributed by atoms with Crippen LogP contribution in [0.1, 0.15) is 26.3 Å². The van der Waals surface area contributed by atoms with Gasteiger partial charge < -0.3 is 5.11 Å². The van der Waals surface area contributed by atoms with E-state index >= 15 is 0 Å². The molecule has 1 aliphatic heterocycles.